The first-order valence-corrected chi connectivity index (χ1v) is 6.64. The molecule has 2 unspecified atom stereocenters. The first kappa shape index (κ1) is 14.3. The zero-order chi connectivity index (χ0) is 14.0. The maximum atomic E-state index is 5.92. The highest BCUT2D eigenvalue weighted by Crippen LogP contribution is 2.36. The van der Waals surface area contributed by atoms with Crippen LogP contribution in [-0.4, -0.2) is 61.7 Å². The van der Waals surface area contributed by atoms with E-state index < -0.39 is 0 Å². The quantitative estimate of drug-likeness (QED) is 0.853. The number of morpholine rings is 1. The van der Waals surface area contributed by atoms with Gasteiger partial charge in [-0.2, -0.15) is 5.10 Å². The van der Waals surface area contributed by atoms with Crippen LogP contribution >= 0.6 is 0 Å². The van der Waals surface area contributed by atoms with Crippen molar-refractivity contribution in [2.45, 2.75) is 19.1 Å². The number of ether oxygens (including phenoxy) is 2. The van der Waals surface area contributed by atoms with Crippen LogP contribution in [0.1, 0.15) is 17.3 Å². The first-order valence-electron chi connectivity index (χ1n) is 6.64. The molecule has 1 saturated heterocycles. The Morgan fingerprint density at radius 2 is 2.21 bits per heavy atom. The van der Waals surface area contributed by atoms with Gasteiger partial charge in [-0.25, -0.2) is 4.68 Å². The molecule has 6 nitrogen and oxygen atoms in total. The second-order valence-electron chi connectivity index (χ2n) is 5.02. The Morgan fingerprint density at radius 3 is 2.84 bits per heavy atom. The van der Waals surface area contributed by atoms with E-state index in [0.29, 0.717) is 0 Å². The Hall–Kier alpha value is -1.11. The van der Waals surface area contributed by atoms with Gasteiger partial charge in [-0.3, -0.25) is 4.90 Å². The summed E-state index contributed by atoms with van der Waals surface area (Å²) in [5.74, 6) is 0.820. The summed E-state index contributed by atoms with van der Waals surface area (Å²) in [6, 6.07) is 0.171. The number of aryl methyl sites for hydroxylation is 2. The lowest BCUT2D eigenvalue weighted by Gasteiger charge is -2.39. The zero-order valence-electron chi connectivity index (χ0n) is 12.4. The molecule has 6 heteroatoms. The zero-order valence-corrected chi connectivity index (χ0v) is 12.4. The van der Waals surface area contributed by atoms with Crippen LogP contribution in [-0.2, 0) is 11.8 Å². The van der Waals surface area contributed by atoms with Crippen molar-refractivity contribution in [2.75, 3.05) is 40.9 Å². The number of aromatic nitrogens is 2. The van der Waals surface area contributed by atoms with Crippen LogP contribution in [0.2, 0.25) is 0 Å². The molecule has 108 valence electrons. The van der Waals surface area contributed by atoms with Crippen LogP contribution in [0.15, 0.2) is 0 Å². The summed E-state index contributed by atoms with van der Waals surface area (Å²) >= 11 is 0. The van der Waals surface area contributed by atoms with Crippen molar-refractivity contribution in [2.24, 2.45) is 7.05 Å². The minimum Gasteiger partial charge on any atom is -0.481 e. The summed E-state index contributed by atoms with van der Waals surface area (Å²) in [4.78, 5) is 2.32. The van der Waals surface area contributed by atoms with Crippen molar-refractivity contribution in [1.82, 2.24) is 20.0 Å². The van der Waals surface area contributed by atoms with Gasteiger partial charge in [-0.05, 0) is 21.0 Å². The summed E-state index contributed by atoms with van der Waals surface area (Å²) in [5.41, 5.74) is 2.13. The molecular formula is C13H24N4O2. The van der Waals surface area contributed by atoms with Crippen molar-refractivity contribution >= 4 is 0 Å². The van der Waals surface area contributed by atoms with E-state index in [1.54, 1.807) is 11.8 Å². The molecular weight excluding hydrogens is 244 g/mol. The highest BCUT2D eigenvalue weighted by atomic mass is 16.5. The average molecular weight is 268 g/mol. The molecule has 19 heavy (non-hydrogen) atoms. The van der Waals surface area contributed by atoms with E-state index in [0.717, 1.165) is 36.8 Å². The Kier molecular flexibility index (Phi) is 4.44. The summed E-state index contributed by atoms with van der Waals surface area (Å²) in [6.45, 7) is 4.52. The minimum atomic E-state index is 0.112. The van der Waals surface area contributed by atoms with Gasteiger partial charge in [0.1, 0.15) is 0 Å². The Bertz CT molecular complexity index is 431. The third kappa shape index (κ3) is 2.61. The van der Waals surface area contributed by atoms with Crippen LogP contribution in [0.25, 0.3) is 0 Å². The molecule has 1 aromatic rings. The molecule has 1 aliphatic rings. The molecule has 1 N–H and O–H groups in total. The van der Waals surface area contributed by atoms with Gasteiger partial charge in [0.15, 0.2) is 0 Å². The summed E-state index contributed by atoms with van der Waals surface area (Å²) in [5, 5.41) is 7.68. The fourth-order valence-electron chi connectivity index (χ4n) is 2.88. The van der Waals surface area contributed by atoms with E-state index in [2.05, 4.69) is 22.4 Å². The van der Waals surface area contributed by atoms with Crippen molar-refractivity contribution in [3.8, 4) is 5.88 Å². The standard InChI is InChI=1S/C13H24N4O2/c1-9-11(13(18-5)17(4)15-9)12-10(8-14-2)19-7-6-16(12)3/h10,12,14H,6-8H2,1-5H3. The molecule has 0 saturated carbocycles. The molecule has 2 heterocycles. The third-order valence-electron chi connectivity index (χ3n) is 3.71. The van der Waals surface area contributed by atoms with Crippen molar-refractivity contribution < 1.29 is 9.47 Å². The molecule has 0 aliphatic carbocycles. The Morgan fingerprint density at radius 1 is 1.47 bits per heavy atom. The lowest BCUT2D eigenvalue weighted by atomic mass is 9.98. The largest absolute Gasteiger partial charge is 0.481 e. The fourth-order valence-corrected chi connectivity index (χ4v) is 2.88. The number of methoxy groups -OCH3 is 1. The summed E-state index contributed by atoms with van der Waals surface area (Å²) < 4.78 is 13.2. The second kappa shape index (κ2) is 5.90. The average Bonchev–Trinajstić information content (AvgIpc) is 2.64. The molecule has 0 amide bonds. The highest BCUT2D eigenvalue weighted by molar-refractivity contribution is 5.35. The molecule has 2 rings (SSSR count). The SMILES string of the molecule is CNCC1OCCN(C)C1c1c(C)nn(C)c1OC. The molecule has 0 bridgehead atoms. The van der Waals surface area contributed by atoms with Gasteiger partial charge in [0, 0.05) is 20.1 Å². The second-order valence-corrected chi connectivity index (χ2v) is 5.02. The minimum absolute atomic E-state index is 0.112. The Balaban J connectivity index is 2.40. The number of nitrogens with zero attached hydrogens (tertiary/aromatic N) is 3. The van der Waals surface area contributed by atoms with Crippen LogP contribution < -0.4 is 10.1 Å². The molecule has 1 fully saturated rings. The van der Waals surface area contributed by atoms with Crippen molar-refractivity contribution in [3.63, 3.8) is 0 Å². The summed E-state index contributed by atoms with van der Waals surface area (Å²) in [6.07, 6.45) is 0.112. The van der Waals surface area contributed by atoms with E-state index in [4.69, 9.17) is 9.47 Å². The van der Waals surface area contributed by atoms with E-state index in [1.165, 1.54) is 0 Å². The summed E-state index contributed by atoms with van der Waals surface area (Å²) in [7, 11) is 7.67. The van der Waals surface area contributed by atoms with Gasteiger partial charge in [0.25, 0.3) is 0 Å². The lowest BCUT2D eigenvalue weighted by molar-refractivity contribution is -0.0614. The van der Waals surface area contributed by atoms with Gasteiger partial charge < -0.3 is 14.8 Å². The van der Waals surface area contributed by atoms with Crippen molar-refractivity contribution in [3.05, 3.63) is 11.3 Å². The number of nitrogens with one attached hydrogen (secondary N) is 1. The molecule has 0 radical (unpaired) electrons. The topological polar surface area (TPSA) is 51.5 Å². The first-order chi connectivity index (χ1) is 9.10. The maximum absolute atomic E-state index is 5.92. The normalized spacial score (nSPS) is 24.7. The van der Waals surface area contributed by atoms with E-state index in [1.807, 2.05) is 21.0 Å². The Labute approximate surface area is 114 Å². The predicted octanol–water partition coefficient (Wildman–Crippen LogP) is 0.328. The highest BCUT2D eigenvalue weighted by Gasteiger charge is 2.36. The number of hydrogen-bond donors (Lipinski definition) is 1. The van der Waals surface area contributed by atoms with Gasteiger partial charge in [0.2, 0.25) is 5.88 Å². The molecule has 0 spiro atoms. The van der Waals surface area contributed by atoms with E-state index in [9.17, 15) is 0 Å². The number of likely N-dealkylation sites (N-methyl/N-ethyl adjacent to an activating group) is 2. The van der Waals surface area contributed by atoms with Crippen LogP contribution in [0, 0.1) is 6.92 Å². The van der Waals surface area contributed by atoms with E-state index in [-0.39, 0.29) is 12.1 Å². The number of hydrogen-bond acceptors (Lipinski definition) is 5. The predicted molar refractivity (Wildman–Crippen MR) is 73.5 cm³/mol. The van der Waals surface area contributed by atoms with Gasteiger partial charge in [0.05, 0.1) is 37.1 Å². The third-order valence-corrected chi connectivity index (χ3v) is 3.71. The van der Waals surface area contributed by atoms with Gasteiger partial charge in [-0.1, -0.05) is 0 Å². The molecule has 1 aromatic heterocycles. The van der Waals surface area contributed by atoms with Crippen molar-refractivity contribution in [1.29, 1.82) is 0 Å². The van der Waals surface area contributed by atoms with Gasteiger partial charge >= 0.3 is 0 Å². The molecule has 1 aliphatic heterocycles. The van der Waals surface area contributed by atoms with Crippen LogP contribution in [0.3, 0.4) is 0 Å². The lowest BCUT2D eigenvalue weighted by Crippen LogP contribution is -2.47. The molecule has 0 aromatic carbocycles. The monoisotopic (exact) mass is 268 g/mol. The fraction of sp³-hybridized carbons (Fsp3) is 0.769. The molecule has 2 atom stereocenters. The maximum Gasteiger partial charge on any atom is 0.216 e. The van der Waals surface area contributed by atoms with Crippen LogP contribution in [0.4, 0.5) is 0 Å². The van der Waals surface area contributed by atoms with E-state index >= 15 is 0 Å². The van der Waals surface area contributed by atoms with Crippen LogP contribution in [0.5, 0.6) is 5.88 Å². The number of rotatable bonds is 4. The smallest absolute Gasteiger partial charge is 0.216 e. The van der Waals surface area contributed by atoms with Gasteiger partial charge in [-0.15, -0.1) is 0 Å².